The minimum atomic E-state index is -0.324. The largest absolute Gasteiger partial charge is 0.426 e. The summed E-state index contributed by atoms with van der Waals surface area (Å²) in [5.41, 5.74) is 1.64. The van der Waals surface area contributed by atoms with Crippen LogP contribution in [0.25, 0.3) is 10.6 Å². The van der Waals surface area contributed by atoms with E-state index in [-0.39, 0.29) is 12.4 Å². The van der Waals surface area contributed by atoms with Crippen molar-refractivity contribution in [2.45, 2.75) is 6.42 Å². The van der Waals surface area contributed by atoms with Crippen molar-refractivity contribution in [2.75, 3.05) is 0 Å². The zero-order valence-electron chi connectivity index (χ0n) is 11.8. The Kier molecular flexibility index (Phi) is 5.30. The van der Waals surface area contributed by atoms with Gasteiger partial charge in [-0.25, -0.2) is 4.98 Å². The summed E-state index contributed by atoms with van der Waals surface area (Å²) in [6.07, 6.45) is 0.141. The van der Waals surface area contributed by atoms with Crippen molar-refractivity contribution in [3.05, 3.63) is 68.2 Å². The Bertz CT molecular complexity index is 850. The van der Waals surface area contributed by atoms with Crippen LogP contribution in [0, 0.1) is 3.57 Å². The number of rotatable bonds is 4. The highest BCUT2D eigenvalue weighted by atomic mass is 127. The molecule has 0 saturated heterocycles. The standard InChI is InChI=1S/C17H11ClINO2S/c18-12-4-1-3-11(7-12)17-20-14(10-23-17)9-16(21)22-15-6-2-5-13(19)8-15/h1-8,10H,9H2. The van der Waals surface area contributed by atoms with Gasteiger partial charge in [0.25, 0.3) is 0 Å². The lowest BCUT2D eigenvalue weighted by Gasteiger charge is -2.03. The third kappa shape index (κ3) is 4.53. The third-order valence-electron chi connectivity index (χ3n) is 2.98. The third-order valence-corrected chi connectivity index (χ3v) is 4.82. The van der Waals surface area contributed by atoms with Crippen LogP contribution in [0.3, 0.4) is 0 Å². The van der Waals surface area contributed by atoms with Crippen molar-refractivity contribution in [1.82, 2.24) is 4.98 Å². The van der Waals surface area contributed by atoms with E-state index in [9.17, 15) is 4.79 Å². The number of carbonyl (C=O) groups is 1. The van der Waals surface area contributed by atoms with Gasteiger partial charge in [-0.15, -0.1) is 11.3 Å². The van der Waals surface area contributed by atoms with Crippen molar-refractivity contribution >= 4 is 51.5 Å². The van der Waals surface area contributed by atoms with Gasteiger partial charge >= 0.3 is 5.97 Å². The molecule has 0 unspecified atom stereocenters. The van der Waals surface area contributed by atoms with Crippen LogP contribution in [0.15, 0.2) is 53.9 Å². The molecule has 3 aromatic rings. The summed E-state index contributed by atoms with van der Waals surface area (Å²) in [7, 11) is 0. The van der Waals surface area contributed by atoms with Crippen molar-refractivity contribution in [2.24, 2.45) is 0 Å². The normalized spacial score (nSPS) is 10.5. The molecule has 2 aromatic carbocycles. The number of nitrogens with zero attached hydrogens (tertiary/aromatic N) is 1. The molecular weight excluding hydrogens is 445 g/mol. The number of hydrogen-bond donors (Lipinski definition) is 0. The van der Waals surface area contributed by atoms with Gasteiger partial charge in [0.2, 0.25) is 0 Å². The van der Waals surface area contributed by atoms with Gasteiger partial charge < -0.3 is 4.74 Å². The lowest BCUT2D eigenvalue weighted by Crippen LogP contribution is -2.11. The van der Waals surface area contributed by atoms with E-state index in [2.05, 4.69) is 27.6 Å². The molecule has 0 saturated carbocycles. The van der Waals surface area contributed by atoms with Gasteiger partial charge in [-0.05, 0) is 52.9 Å². The molecule has 0 radical (unpaired) electrons. The van der Waals surface area contributed by atoms with E-state index in [1.807, 2.05) is 47.8 Å². The van der Waals surface area contributed by atoms with Gasteiger partial charge in [0, 0.05) is 19.5 Å². The average molecular weight is 456 g/mol. The van der Waals surface area contributed by atoms with Crippen LogP contribution in [-0.2, 0) is 11.2 Å². The first-order valence-electron chi connectivity index (χ1n) is 6.77. The quantitative estimate of drug-likeness (QED) is 0.308. The summed E-state index contributed by atoms with van der Waals surface area (Å²) in [6.45, 7) is 0. The molecule has 0 atom stereocenters. The SMILES string of the molecule is O=C(Cc1csc(-c2cccc(Cl)c2)n1)Oc1cccc(I)c1. The zero-order valence-corrected chi connectivity index (χ0v) is 15.6. The molecular formula is C17H11ClINO2S. The minimum absolute atomic E-state index is 0.141. The van der Waals surface area contributed by atoms with Gasteiger partial charge in [0.1, 0.15) is 10.8 Å². The molecule has 0 spiro atoms. The molecule has 23 heavy (non-hydrogen) atoms. The number of halogens is 2. The Balaban J connectivity index is 1.68. The van der Waals surface area contributed by atoms with Crippen LogP contribution in [0.4, 0.5) is 0 Å². The molecule has 116 valence electrons. The predicted octanol–water partition coefficient (Wildman–Crippen LogP) is 5.22. The van der Waals surface area contributed by atoms with Gasteiger partial charge in [-0.3, -0.25) is 4.79 Å². The Morgan fingerprint density at radius 1 is 1.22 bits per heavy atom. The molecule has 0 bridgehead atoms. The Morgan fingerprint density at radius 2 is 2.04 bits per heavy atom. The highest BCUT2D eigenvalue weighted by Gasteiger charge is 2.11. The molecule has 1 aromatic heterocycles. The molecule has 0 fully saturated rings. The predicted molar refractivity (Wildman–Crippen MR) is 101 cm³/mol. The fourth-order valence-electron chi connectivity index (χ4n) is 1.99. The number of esters is 1. The smallest absolute Gasteiger partial charge is 0.317 e. The molecule has 0 amide bonds. The van der Waals surface area contributed by atoms with Gasteiger partial charge in [-0.1, -0.05) is 29.8 Å². The maximum Gasteiger partial charge on any atom is 0.317 e. The van der Waals surface area contributed by atoms with Crippen molar-refractivity contribution < 1.29 is 9.53 Å². The first-order chi connectivity index (χ1) is 11.1. The van der Waals surface area contributed by atoms with Crippen LogP contribution in [0.5, 0.6) is 5.75 Å². The number of hydrogen-bond acceptors (Lipinski definition) is 4. The molecule has 3 nitrogen and oxygen atoms in total. The zero-order chi connectivity index (χ0) is 16.2. The Morgan fingerprint density at radius 3 is 2.83 bits per heavy atom. The van der Waals surface area contributed by atoms with Gasteiger partial charge in [0.15, 0.2) is 0 Å². The maximum absolute atomic E-state index is 12.0. The van der Waals surface area contributed by atoms with Crippen LogP contribution >= 0.6 is 45.5 Å². The summed E-state index contributed by atoms with van der Waals surface area (Å²) in [4.78, 5) is 16.5. The van der Waals surface area contributed by atoms with Crippen LogP contribution in [0.2, 0.25) is 5.02 Å². The minimum Gasteiger partial charge on any atom is -0.426 e. The number of aromatic nitrogens is 1. The fraction of sp³-hybridized carbons (Fsp3) is 0.0588. The first-order valence-corrected chi connectivity index (χ1v) is 9.10. The molecule has 0 N–H and O–H groups in total. The molecule has 0 aliphatic rings. The second kappa shape index (κ2) is 7.42. The molecule has 3 rings (SSSR count). The van der Waals surface area contributed by atoms with E-state index in [0.717, 1.165) is 14.1 Å². The summed E-state index contributed by atoms with van der Waals surface area (Å²) in [6, 6.07) is 14.9. The van der Waals surface area contributed by atoms with E-state index in [1.54, 1.807) is 6.07 Å². The van der Waals surface area contributed by atoms with Crippen LogP contribution in [0.1, 0.15) is 5.69 Å². The van der Waals surface area contributed by atoms with Crippen molar-refractivity contribution in [3.63, 3.8) is 0 Å². The van der Waals surface area contributed by atoms with E-state index in [0.29, 0.717) is 16.5 Å². The summed E-state index contributed by atoms with van der Waals surface area (Å²) in [5.74, 6) is 0.224. The monoisotopic (exact) mass is 455 g/mol. The lowest BCUT2D eigenvalue weighted by molar-refractivity contribution is -0.133. The lowest BCUT2D eigenvalue weighted by atomic mass is 10.2. The topological polar surface area (TPSA) is 39.2 Å². The van der Waals surface area contributed by atoms with Crippen molar-refractivity contribution in [1.29, 1.82) is 0 Å². The van der Waals surface area contributed by atoms with E-state index >= 15 is 0 Å². The number of benzene rings is 2. The number of thiazole rings is 1. The van der Waals surface area contributed by atoms with Crippen LogP contribution < -0.4 is 4.74 Å². The summed E-state index contributed by atoms with van der Waals surface area (Å²) in [5, 5.41) is 3.37. The second-order valence-electron chi connectivity index (χ2n) is 4.76. The molecule has 6 heteroatoms. The highest BCUT2D eigenvalue weighted by Crippen LogP contribution is 2.26. The number of carbonyl (C=O) groups excluding carboxylic acids is 1. The Hall–Kier alpha value is -1.44. The molecule has 1 heterocycles. The second-order valence-corrected chi connectivity index (χ2v) is 7.30. The summed E-state index contributed by atoms with van der Waals surface area (Å²) < 4.78 is 6.35. The highest BCUT2D eigenvalue weighted by molar-refractivity contribution is 14.1. The number of ether oxygens (including phenoxy) is 1. The fourth-order valence-corrected chi connectivity index (χ4v) is 3.51. The first kappa shape index (κ1) is 16.4. The van der Waals surface area contributed by atoms with Gasteiger partial charge in [-0.2, -0.15) is 0 Å². The van der Waals surface area contributed by atoms with Gasteiger partial charge in [0.05, 0.1) is 12.1 Å². The summed E-state index contributed by atoms with van der Waals surface area (Å²) >= 11 is 9.65. The average Bonchev–Trinajstić information content (AvgIpc) is 2.95. The Labute approximate surface area is 156 Å². The van der Waals surface area contributed by atoms with E-state index in [4.69, 9.17) is 16.3 Å². The van der Waals surface area contributed by atoms with Crippen LogP contribution in [-0.4, -0.2) is 11.0 Å². The van der Waals surface area contributed by atoms with E-state index in [1.165, 1.54) is 11.3 Å². The maximum atomic E-state index is 12.0. The molecule has 0 aliphatic heterocycles. The van der Waals surface area contributed by atoms with E-state index < -0.39 is 0 Å². The van der Waals surface area contributed by atoms with Crippen molar-refractivity contribution in [3.8, 4) is 16.3 Å². The molecule has 0 aliphatic carbocycles.